The summed E-state index contributed by atoms with van der Waals surface area (Å²) in [5.41, 5.74) is 3.06. The second-order valence-electron chi connectivity index (χ2n) is 4.45. The number of nitrogens with one attached hydrogen (secondary N) is 1. The van der Waals surface area contributed by atoms with Crippen LogP contribution in [0.2, 0.25) is 0 Å². The maximum atomic E-state index is 11.7. The number of fused-ring (bicyclic) bond motifs is 1. The van der Waals surface area contributed by atoms with E-state index in [-0.39, 0.29) is 18.5 Å². The minimum absolute atomic E-state index is 0.0140. The number of benzene rings is 1. The Balaban J connectivity index is 2.13. The fraction of sp³-hybridized carbons (Fsp3) is 0.286. The highest BCUT2D eigenvalue weighted by molar-refractivity contribution is 5.96. The molecule has 0 bridgehead atoms. The number of esters is 1. The molecule has 4 heteroatoms. The molecule has 1 aliphatic rings. The predicted molar refractivity (Wildman–Crippen MR) is 68.5 cm³/mol. The van der Waals surface area contributed by atoms with Gasteiger partial charge in [0.05, 0.1) is 5.56 Å². The van der Waals surface area contributed by atoms with Crippen LogP contribution in [0.3, 0.4) is 0 Å². The lowest BCUT2D eigenvalue weighted by Gasteiger charge is -2.17. The highest BCUT2D eigenvalue weighted by Gasteiger charge is 2.17. The van der Waals surface area contributed by atoms with Gasteiger partial charge in [-0.05, 0) is 42.7 Å². The van der Waals surface area contributed by atoms with Crippen LogP contribution in [0.5, 0.6) is 0 Å². The van der Waals surface area contributed by atoms with Gasteiger partial charge in [0.2, 0.25) is 5.91 Å². The summed E-state index contributed by atoms with van der Waals surface area (Å²) in [5, 5.41) is 2.77. The fourth-order valence-corrected chi connectivity index (χ4v) is 1.78. The lowest BCUT2D eigenvalue weighted by molar-refractivity contribution is -0.116. The lowest BCUT2D eigenvalue weighted by Crippen LogP contribution is -2.19. The van der Waals surface area contributed by atoms with Crippen LogP contribution in [0.25, 0.3) is 0 Å². The lowest BCUT2D eigenvalue weighted by atomic mass is 10.0. The van der Waals surface area contributed by atoms with Crippen molar-refractivity contribution >= 4 is 17.6 Å². The van der Waals surface area contributed by atoms with Crippen LogP contribution < -0.4 is 5.32 Å². The quantitative estimate of drug-likeness (QED) is 0.656. The van der Waals surface area contributed by atoms with Crippen LogP contribution in [0.4, 0.5) is 5.69 Å². The molecule has 94 valence electrons. The van der Waals surface area contributed by atoms with Crippen LogP contribution in [0.15, 0.2) is 30.4 Å². The Morgan fingerprint density at radius 3 is 2.94 bits per heavy atom. The van der Waals surface area contributed by atoms with Crippen molar-refractivity contribution in [3.05, 3.63) is 41.5 Å². The van der Waals surface area contributed by atoms with Gasteiger partial charge in [0.1, 0.15) is 6.61 Å². The van der Waals surface area contributed by atoms with Crippen molar-refractivity contribution in [2.24, 2.45) is 0 Å². The van der Waals surface area contributed by atoms with Gasteiger partial charge < -0.3 is 10.1 Å². The number of ether oxygens (including phenoxy) is 1. The van der Waals surface area contributed by atoms with Gasteiger partial charge in [-0.25, -0.2) is 4.79 Å². The van der Waals surface area contributed by atoms with E-state index in [1.165, 1.54) is 0 Å². The van der Waals surface area contributed by atoms with Gasteiger partial charge in [0.25, 0.3) is 0 Å². The Hall–Kier alpha value is -2.10. The van der Waals surface area contributed by atoms with Crippen molar-refractivity contribution in [2.75, 3.05) is 11.9 Å². The van der Waals surface area contributed by atoms with Gasteiger partial charge >= 0.3 is 5.97 Å². The third kappa shape index (κ3) is 2.77. The summed E-state index contributed by atoms with van der Waals surface area (Å²) in [6, 6.07) is 5.17. The van der Waals surface area contributed by atoms with E-state index in [9.17, 15) is 9.59 Å². The Kier molecular flexibility index (Phi) is 3.46. The smallest absolute Gasteiger partial charge is 0.338 e. The van der Waals surface area contributed by atoms with Crippen molar-refractivity contribution in [2.45, 2.75) is 19.8 Å². The van der Waals surface area contributed by atoms with Crippen LogP contribution >= 0.6 is 0 Å². The summed E-state index contributed by atoms with van der Waals surface area (Å²) in [4.78, 5) is 23.0. The molecule has 0 aromatic heterocycles. The summed E-state index contributed by atoms with van der Waals surface area (Å²) >= 11 is 0. The number of aryl methyl sites for hydroxylation is 1. The molecule has 0 saturated carbocycles. The van der Waals surface area contributed by atoms with Crippen molar-refractivity contribution in [3.63, 3.8) is 0 Å². The second kappa shape index (κ2) is 5.04. The first-order chi connectivity index (χ1) is 8.56. The zero-order chi connectivity index (χ0) is 13.1. The van der Waals surface area contributed by atoms with Gasteiger partial charge in [0.15, 0.2) is 0 Å². The Morgan fingerprint density at radius 1 is 1.44 bits per heavy atom. The van der Waals surface area contributed by atoms with Gasteiger partial charge in [-0.3, -0.25) is 4.79 Å². The minimum atomic E-state index is -0.363. The molecular formula is C14H15NO3. The van der Waals surface area contributed by atoms with Crippen molar-refractivity contribution in [1.29, 1.82) is 0 Å². The highest BCUT2D eigenvalue weighted by atomic mass is 16.5. The minimum Gasteiger partial charge on any atom is -0.458 e. The van der Waals surface area contributed by atoms with Crippen molar-refractivity contribution < 1.29 is 14.3 Å². The van der Waals surface area contributed by atoms with E-state index in [2.05, 4.69) is 11.9 Å². The zero-order valence-electron chi connectivity index (χ0n) is 10.3. The molecular weight excluding hydrogens is 230 g/mol. The largest absolute Gasteiger partial charge is 0.458 e. The molecule has 4 nitrogen and oxygen atoms in total. The number of hydrogen-bond acceptors (Lipinski definition) is 3. The van der Waals surface area contributed by atoms with Gasteiger partial charge in [-0.15, -0.1) is 0 Å². The standard InChI is InChI=1S/C14H15NO3/c1-9(2)8-18-14(17)11-3-5-12-10(7-11)4-6-13(16)15-12/h3,5,7H,1,4,6,8H2,2H3,(H,15,16). The number of hydrogen-bond donors (Lipinski definition) is 1. The summed E-state index contributed by atoms with van der Waals surface area (Å²) in [5.74, 6) is -0.349. The first-order valence-corrected chi connectivity index (χ1v) is 5.80. The molecule has 0 unspecified atom stereocenters. The molecule has 1 heterocycles. The molecule has 1 aliphatic heterocycles. The predicted octanol–water partition coefficient (Wildman–Crippen LogP) is 2.30. The highest BCUT2D eigenvalue weighted by Crippen LogP contribution is 2.23. The fourth-order valence-electron chi connectivity index (χ4n) is 1.78. The molecule has 1 N–H and O–H groups in total. The molecule has 2 rings (SSSR count). The molecule has 18 heavy (non-hydrogen) atoms. The van der Waals surface area contributed by atoms with E-state index in [1.807, 2.05) is 0 Å². The number of amides is 1. The van der Waals surface area contributed by atoms with Crippen LogP contribution in [-0.4, -0.2) is 18.5 Å². The molecule has 1 aromatic rings. The monoisotopic (exact) mass is 245 g/mol. The number of carbonyl (C=O) groups is 2. The number of carbonyl (C=O) groups excluding carboxylic acids is 2. The molecule has 0 aliphatic carbocycles. The van der Waals surface area contributed by atoms with E-state index in [0.29, 0.717) is 18.4 Å². The van der Waals surface area contributed by atoms with Gasteiger partial charge in [0, 0.05) is 12.1 Å². The Labute approximate surface area is 106 Å². The van der Waals surface area contributed by atoms with E-state index in [0.717, 1.165) is 16.8 Å². The first kappa shape index (κ1) is 12.4. The Morgan fingerprint density at radius 2 is 2.22 bits per heavy atom. The average molecular weight is 245 g/mol. The summed E-state index contributed by atoms with van der Waals surface area (Å²) < 4.78 is 5.08. The molecule has 0 saturated heterocycles. The number of rotatable bonds is 3. The maximum Gasteiger partial charge on any atom is 0.338 e. The topological polar surface area (TPSA) is 55.4 Å². The second-order valence-corrected chi connectivity index (χ2v) is 4.45. The van der Waals surface area contributed by atoms with E-state index >= 15 is 0 Å². The van der Waals surface area contributed by atoms with Crippen LogP contribution in [0, 0.1) is 0 Å². The van der Waals surface area contributed by atoms with Crippen LogP contribution in [0.1, 0.15) is 29.3 Å². The van der Waals surface area contributed by atoms with E-state index < -0.39 is 0 Å². The molecule has 0 atom stereocenters. The van der Waals surface area contributed by atoms with E-state index in [4.69, 9.17) is 4.74 Å². The SMILES string of the molecule is C=C(C)COC(=O)c1ccc2c(c1)CCC(=O)N2. The molecule has 1 amide bonds. The maximum absolute atomic E-state index is 11.7. The molecule has 0 radical (unpaired) electrons. The average Bonchev–Trinajstić information content (AvgIpc) is 2.35. The summed E-state index contributed by atoms with van der Waals surface area (Å²) in [6.45, 7) is 5.70. The van der Waals surface area contributed by atoms with Crippen LogP contribution in [-0.2, 0) is 16.0 Å². The molecule has 0 spiro atoms. The molecule has 0 fully saturated rings. The molecule has 1 aromatic carbocycles. The summed E-state index contributed by atoms with van der Waals surface area (Å²) in [7, 11) is 0. The van der Waals surface area contributed by atoms with Gasteiger partial charge in [-0.2, -0.15) is 0 Å². The van der Waals surface area contributed by atoms with Gasteiger partial charge in [-0.1, -0.05) is 6.58 Å². The first-order valence-electron chi connectivity index (χ1n) is 5.80. The number of anilines is 1. The third-order valence-corrected chi connectivity index (χ3v) is 2.69. The summed E-state index contributed by atoms with van der Waals surface area (Å²) in [6.07, 6.45) is 1.11. The zero-order valence-corrected chi connectivity index (χ0v) is 10.3. The third-order valence-electron chi connectivity index (χ3n) is 2.69. The van der Waals surface area contributed by atoms with E-state index in [1.54, 1.807) is 25.1 Å². The Bertz CT molecular complexity index is 520. The normalized spacial score (nSPS) is 13.5. The van der Waals surface area contributed by atoms with Crippen molar-refractivity contribution in [1.82, 2.24) is 0 Å². The van der Waals surface area contributed by atoms with Crippen molar-refractivity contribution in [3.8, 4) is 0 Å².